The van der Waals surface area contributed by atoms with Gasteiger partial charge in [0.05, 0.1) is 0 Å². The van der Waals surface area contributed by atoms with Crippen LogP contribution in [0.4, 0.5) is 4.79 Å². The Morgan fingerprint density at radius 3 is 2.48 bits per heavy atom. The van der Waals surface area contributed by atoms with Crippen molar-refractivity contribution in [2.45, 2.75) is 55.6 Å². The van der Waals surface area contributed by atoms with E-state index in [0.717, 1.165) is 30.7 Å². The van der Waals surface area contributed by atoms with Gasteiger partial charge < -0.3 is 9.64 Å². The molecule has 4 bridgehead atoms. The van der Waals surface area contributed by atoms with Gasteiger partial charge in [0.1, 0.15) is 14.5 Å². The van der Waals surface area contributed by atoms with Crippen LogP contribution in [0.2, 0.25) is 5.82 Å². The van der Waals surface area contributed by atoms with Gasteiger partial charge in [0.2, 0.25) is 0 Å². The standard InChI is InChI=1S/C23H26BNO2/c24-21-17-11-19-13-23(12-17,18-9-5-2-6-10-18)14-20(21)25(19)22(26)27-15-16-7-3-1-4-8-16/h1-10,17,19-21H,11-15,24H2. The van der Waals surface area contributed by atoms with Crippen molar-refractivity contribution in [3.63, 3.8) is 0 Å². The Balaban J connectivity index is 1.37. The predicted molar refractivity (Wildman–Crippen MR) is 108 cm³/mol. The number of carbonyl (C=O) groups excluding carboxylic acids is 1. The van der Waals surface area contributed by atoms with Crippen molar-refractivity contribution in [3.05, 3.63) is 71.8 Å². The van der Waals surface area contributed by atoms with Crippen molar-refractivity contribution >= 4 is 13.9 Å². The van der Waals surface area contributed by atoms with Gasteiger partial charge in [-0.3, -0.25) is 0 Å². The van der Waals surface area contributed by atoms with Crippen LogP contribution in [0.3, 0.4) is 0 Å². The molecule has 2 heterocycles. The lowest BCUT2D eigenvalue weighted by atomic mass is 9.46. The minimum absolute atomic E-state index is 0.122. The molecule has 2 aliphatic heterocycles. The second kappa shape index (κ2) is 6.44. The van der Waals surface area contributed by atoms with Crippen molar-refractivity contribution in [1.82, 2.24) is 4.90 Å². The zero-order valence-electron chi connectivity index (χ0n) is 15.9. The van der Waals surface area contributed by atoms with Crippen molar-refractivity contribution in [1.29, 1.82) is 0 Å². The van der Waals surface area contributed by atoms with Crippen LogP contribution >= 0.6 is 0 Å². The van der Waals surface area contributed by atoms with E-state index in [1.54, 1.807) is 0 Å². The van der Waals surface area contributed by atoms with Gasteiger partial charge in [0, 0.05) is 12.1 Å². The molecule has 0 aromatic heterocycles. The van der Waals surface area contributed by atoms with Crippen LogP contribution < -0.4 is 0 Å². The first kappa shape index (κ1) is 16.9. The minimum Gasteiger partial charge on any atom is -0.445 e. The van der Waals surface area contributed by atoms with E-state index < -0.39 is 0 Å². The Hall–Kier alpha value is -2.23. The molecule has 5 atom stereocenters. The number of piperidine rings is 2. The van der Waals surface area contributed by atoms with Gasteiger partial charge in [-0.25, -0.2) is 4.79 Å². The fourth-order valence-corrected chi connectivity index (χ4v) is 6.08. The molecule has 4 aliphatic rings. The van der Waals surface area contributed by atoms with E-state index in [4.69, 9.17) is 4.74 Å². The Bertz CT molecular complexity index is 827. The van der Waals surface area contributed by atoms with Crippen LogP contribution in [0.25, 0.3) is 0 Å². The number of carbonyl (C=O) groups is 1. The molecule has 2 aromatic rings. The molecule has 4 heteroatoms. The summed E-state index contributed by atoms with van der Waals surface area (Å²) in [6.45, 7) is 0.358. The summed E-state index contributed by atoms with van der Waals surface area (Å²) in [5, 5.41) is 0. The Labute approximate surface area is 162 Å². The molecule has 1 amide bonds. The topological polar surface area (TPSA) is 29.5 Å². The van der Waals surface area contributed by atoms with Crippen molar-refractivity contribution in [2.24, 2.45) is 5.92 Å². The fourth-order valence-electron chi connectivity index (χ4n) is 6.08. The maximum atomic E-state index is 13.0. The number of nitrogens with zero attached hydrogens (tertiary/aromatic N) is 1. The number of hydrogen-bond donors (Lipinski definition) is 0. The number of benzene rings is 2. The van der Waals surface area contributed by atoms with Crippen LogP contribution in [0.5, 0.6) is 0 Å². The quantitative estimate of drug-likeness (QED) is 0.777. The lowest BCUT2D eigenvalue weighted by Crippen LogP contribution is -2.66. The minimum atomic E-state index is -0.122. The van der Waals surface area contributed by atoms with Gasteiger partial charge in [0.25, 0.3) is 0 Å². The highest BCUT2D eigenvalue weighted by molar-refractivity contribution is 6.12. The molecule has 0 radical (unpaired) electrons. The van der Waals surface area contributed by atoms with Gasteiger partial charge in [-0.1, -0.05) is 60.7 Å². The first-order valence-corrected chi connectivity index (χ1v) is 10.2. The van der Waals surface area contributed by atoms with Gasteiger partial charge in [0.15, 0.2) is 0 Å². The molecule has 2 aromatic carbocycles. The third-order valence-electron chi connectivity index (χ3n) is 7.36. The second-order valence-electron chi connectivity index (χ2n) is 8.78. The summed E-state index contributed by atoms with van der Waals surface area (Å²) < 4.78 is 5.73. The summed E-state index contributed by atoms with van der Waals surface area (Å²) in [4.78, 5) is 15.1. The third kappa shape index (κ3) is 2.77. The number of rotatable bonds is 3. The second-order valence-corrected chi connectivity index (χ2v) is 8.78. The maximum absolute atomic E-state index is 13.0. The Kier molecular flexibility index (Phi) is 4.03. The SMILES string of the molecule is BC1C2CC3CC(c4ccccc4)(C2)CC1N3C(=O)OCc1ccccc1. The molecule has 6 rings (SSSR count). The Morgan fingerprint density at radius 2 is 1.74 bits per heavy atom. The third-order valence-corrected chi connectivity index (χ3v) is 7.36. The predicted octanol–water partition coefficient (Wildman–Crippen LogP) is 3.94. The van der Waals surface area contributed by atoms with E-state index >= 15 is 0 Å². The highest BCUT2D eigenvalue weighted by Gasteiger charge is 2.59. The van der Waals surface area contributed by atoms with Crippen molar-refractivity contribution in [3.8, 4) is 0 Å². The van der Waals surface area contributed by atoms with E-state index in [9.17, 15) is 4.79 Å². The molecule has 2 saturated carbocycles. The molecule has 5 unspecified atom stereocenters. The average Bonchev–Trinajstić information content (AvgIpc) is 2.71. The molecular weight excluding hydrogens is 333 g/mol. The highest BCUT2D eigenvalue weighted by atomic mass is 16.6. The van der Waals surface area contributed by atoms with E-state index in [0.29, 0.717) is 24.5 Å². The van der Waals surface area contributed by atoms with Gasteiger partial charge in [-0.2, -0.15) is 0 Å². The van der Waals surface area contributed by atoms with Crippen LogP contribution in [0.1, 0.15) is 36.8 Å². The molecule has 0 spiro atoms. The van der Waals surface area contributed by atoms with Gasteiger partial charge in [-0.15, -0.1) is 0 Å². The number of amides is 1. The lowest BCUT2D eigenvalue weighted by molar-refractivity contribution is -0.0664. The molecule has 2 saturated heterocycles. The fraction of sp³-hybridized carbons (Fsp3) is 0.435. The smallest absolute Gasteiger partial charge is 0.410 e. The molecule has 0 N–H and O–H groups in total. The van der Waals surface area contributed by atoms with Gasteiger partial charge in [-0.05, 0) is 54.0 Å². The lowest BCUT2D eigenvalue weighted by Gasteiger charge is -2.64. The van der Waals surface area contributed by atoms with Crippen molar-refractivity contribution in [2.75, 3.05) is 0 Å². The van der Waals surface area contributed by atoms with Gasteiger partial charge >= 0.3 is 6.09 Å². The maximum Gasteiger partial charge on any atom is 0.410 e. The average molecular weight is 359 g/mol. The van der Waals surface area contributed by atoms with Crippen LogP contribution in [0.15, 0.2) is 60.7 Å². The zero-order valence-corrected chi connectivity index (χ0v) is 15.9. The molecule has 27 heavy (non-hydrogen) atoms. The molecule has 138 valence electrons. The molecular formula is C23H26BNO2. The summed E-state index contributed by atoms with van der Waals surface area (Å²) in [6, 6.07) is 21.6. The summed E-state index contributed by atoms with van der Waals surface area (Å²) in [6.07, 6.45) is 4.44. The van der Waals surface area contributed by atoms with Crippen molar-refractivity contribution < 1.29 is 9.53 Å². The first-order valence-electron chi connectivity index (χ1n) is 10.2. The molecule has 2 aliphatic carbocycles. The number of ether oxygens (including phenoxy) is 1. The first-order chi connectivity index (χ1) is 13.2. The summed E-state index contributed by atoms with van der Waals surface area (Å²) in [5.74, 6) is 1.28. The number of hydrogen-bond acceptors (Lipinski definition) is 2. The van der Waals surface area contributed by atoms with E-state index in [1.807, 2.05) is 30.3 Å². The Morgan fingerprint density at radius 1 is 1.04 bits per heavy atom. The van der Waals surface area contributed by atoms with Crippen LogP contribution in [-0.4, -0.2) is 30.9 Å². The zero-order chi connectivity index (χ0) is 18.4. The van der Waals surface area contributed by atoms with E-state index in [1.165, 1.54) is 12.0 Å². The summed E-state index contributed by atoms with van der Waals surface area (Å²) in [5.41, 5.74) is 2.76. The van der Waals surface area contributed by atoms with Crippen LogP contribution in [-0.2, 0) is 16.8 Å². The highest BCUT2D eigenvalue weighted by Crippen LogP contribution is 2.60. The summed E-state index contributed by atoms with van der Waals surface area (Å²) >= 11 is 0. The monoisotopic (exact) mass is 359 g/mol. The molecule has 4 fully saturated rings. The van der Waals surface area contributed by atoms with E-state index in [-0.39, 0.29) is 11.5 Å². The molecule has 3 nitrogen and oxygen atoms in total. The summed E-state index contributed by atoms with van der Waals surface area (Å²) in [7, 11) is 2.34. The largest absolute Gasteiger partial charge is 0.445 e. The normalized spacial score (nSPS) is 33.9. The van der Waals surface area contributed by atoms with E-state index in [2.05, 4.69) is 43.1 Å². The van der Waals surface area contributed by atoms with Crippen LogP contribution in [0, 0.1) is 5.92 Å².